The highest BCUT2D eigenvalue weighted by atomic mass is 16.5. The molecule has 0 aliphatic heterocycles. The Balaban J connectivity index is 2.08. The maximum atomic E-state index is 12.8. The molecule has 0 spiro atoms. The maximum absolute atomic E-state index is 12.8. The van der Waals surface area contributed by atoms with Gasteiger partial charge in [0.05, 0.1) is 25.8 Å². The summed E-state index contributed by atoms with van der Waals surface area (Å²) in [4.78, 5) is 17.1. The van der Waals surface area contributed by atoms with Crippen LogP contribution in [0.5, 0.6) is 5.75 Å². The zero-order valence-electron chi connectivity index (χ0n) is 13.2. The lowest BCUT2D eigenvalue weighted by Gasteiger charge is -2.13. The average molecular weight is 323 g/mol. The van der Waals surface area contributed by atoms with E-state index in [0.29, 0.717) is 28.0 Å². The number of aliphatic hydroxyl groups excluding tert-OH is 2. The van der Waals surface area contributed by atoms with E-state index in [1.165, 1.54) is 7.11 Å². The van der Waals surface area contributed by atoms with Crippen molar-refractivity contribution >= 4 is 16.7 Å². The normalized spacial score (nSPS) is 10.8. The minimum absolute atomic E-state index is 0.194. The van der Waals surface area contributed by atoms with Crippen molar-refractivity contribution in [3.8, 4) is 5.75 Å². The molecule has 0 radical (unpaired) electrons. The van der Waals surface area contributed by atoms with Gasteiger partial charge in [0.1, 0.15) is 5.75 Å². The Kier molecular flexibility index (Phi) is 4.55. The number of ketones is 1. The molecular formula is C19H17NO4. The molecule has 0 atom stereocenters. The molecule has 2 aromatic carbocycles. The second kappa shape index (κ2) is 6.78. The van der Waals surface area contributed by atoms with E-state index in [-0.39, 0.29) is 19.0 Å². The zero-order chi connectivity index (χ0) is 17.1. The smallest absolute Gasteiger partial charge is 0.193 e. The largest absolute Gasteiger partial charge is 0.496 e. The molecule has 24 heavy (non-hydrogen) atoms. The fourth-order valence-electron chi connectivity index (χ4n) is 2.71. The molecule has 5 nitrogen and oxygen atoms in total. The van der Waals surface area contributed by atoms with Gasteiger partial charge in [0, 0.05) is 28.3 Å². The van der Waals surface area contributed by atoms with Crippen LogP contribution in [0.25, 0.3) is 10.9 Å². The number of methoxy groups -OCH3 is 1. The van der Waals surface area contributed by atoms with Crippen LogP contribution in [0.3, 0.4) is 0 Å². The second-order valence-corrected chi connectivity index (χ2v) is 5.37. The van der Waals surface area contributed by atoms with Gasteiger partial charge in [-0.1, -0.05) is 18.2 Å². The number of fused-ring (bicyclic) bond motifs is 1. The highest BCUT2D eigenvalue weighted by Gasteiger charge is 2.16. The van der Waals surface area contributed by atoms with Gasteiger partial charge in [-0.15, -0.1) is 0 Å². The molecule has 0 saturated heterocycles. The van der Waals surface area contributed by atoms with Gasteiger partial charge in [0.25, 0.3) is 0 Å². The SMILES string of the molecule is COc1cc(C(=O)c2ccc3cccnc3c2)cc(CO)c1CO. The van der Waals surface area contributed by atoms with Crippen LogP contribution < -0.4 is 4.74 Å². The molecule has 0 aliphatic rings. The quantitative estimate of drug-likeness (QED) is 0.705. The van der Waals surface area contributed by atoms with Gasteiger partial charge in [-0.05, 0) is 29.8 Å². The first-order valence-corrected chi connectivity index (χ1v) is 7.49. The molecule has 5 heteroatoms. The van der Waals surface area contributed by atoms with Crippen LogP contribution in [0.15, 0.2) is 48.7 Å². The van der Waals surface area contributed by atoms with Crippen molar-refractivity contribution in [2.45, 2.75) is 13.2 Å². The third kappa shape index (κ3) is 2.87. The fourth-order valence-corrected chi connectivity index (χ4v) is 2.71. The molecule has 1 heterocycles. The van der Waals surface area contributed by atoms with Crippen LogP contribution in [0, 0.1) is 0 Å². The van der Waals surface area contributed by atoms with Crippen molar-refractivity contribution < 1.29 is 19.7 Å². The van der Waals surface area contributed by atoms with Gasteiger partial charge in [0.15, 0.2) is 5.78 Å². The van der Waals surface area contributed by atoms with E-state index in [1.54, 1.807) is 30.5 Å². The lowest BCUT2D eigenvalue weighted by atomic mass is 9.97. The first kappa shape index (κ1) is 16.1. The van der Waals surface area contributed by atoms with E-state index in [9.17, 15) is 15.0 Å². The Morgan fingerprint density at radius 2 is 1.92 bits per heavy atom. The van der Waals surface area contributed by atoms with Crippen LogP contribution in [-0.2, 0) is 13.2 Å². The van der Waals surface area contributed by atoms with Gasteiger partial charge in [0.2, 0.25) is 0 Å². The molecule has 0 fully saturated rings. The van der Waals surface area contributed by atoms with Crippen molar-refractivity contribution in [3.05, 3.63) is 70.9 Å². The van der Waals surface area contributed by atoms with Gasteiger partial charge in [-0.2, -0.15) is 0 Å². The van der Waals surface area contributed by atoms with Crippen LogP contribution in [0.4, 0.5) is 0 Å². The number of hydrogen-bond acceptors (Lipinski definition) is 5. The summed E-state index contributed by atoms with van der Waals surface area (Å²) in [7, 11) is 1.46. The minimum atomic E-state index is -0.285. The molecule has 1 aromatic heterocycles. The third-order valence-corrected chi connectivity index (χ3v) is 3.98. The van der Waals surface area contributed by atoms with Crippen molar-refractivity contribution in [3.63, 3.8) is 0 Å². The Bertz CT molecular complexity index is 880. The number of benzene rings is 2. The van der Waals surface area contributed by atoms with E-state index >= 15 is 0 Å². The van der Waals surface area contributed by atoms with Gasteiger partial charge < -0.3 is 14.9 Å². The Hall–Kier alpha value is -2.76. The summed E-state index contributed by atoms with van der Waals surface area (Å²) in [5.74, 6) is 0.186. The van der Waals surface area contributed by atoms with Gasteiger partial charge in [-0.25, -0.2) is 0 Å². The highest BCUT2D eigenvalue weighted by molar-refractivity contribution is 6.10. The molecule has 0 amide bonds. The zero-order valence-corrected chi connectivity index (χ0v) is 13.2. The van der Waals surface area contributed by atoms with E-state index in [2.05, 4.69) is 4.98 Å². The molecular weight excluding hydrogens is 306 g/mol. The summed E-state index contributed by atoms with van der Waals surface area (Å²) in [6.45, 7) is -0.555. The molecule has 0 aliphatic carbocycles. The van der Waals surface area contributed by atoms with Crippen LogP contribution in [0.2, 0.25) is 0 Å². The number of rotatable bonds is 5. The van der Waals surface area contributed by atoms with Crippen molar-refractivity contribution in [1.29, 1.82) is 0 Å². The molecule has 122 valence electrons. The van der Waals surface area contributed by atoms with Crippen LogP contribution in [0.1, 0.15) is 27.0 Å². The van der Waals surface area contributed by atoms with Crippen molar-refractivity contribution in [1.82, 2.24) is 4.98 Å². The fraction of sp³-hybridized carbons (Fsp3) is 0.158. The minimum Gasteiger partial charge on any atom is -0.496 e. The Morgan fingerprint density at radius 3 is 2.62 bits per heavy atom. The Labute approximate surface area is 139 Å². The average Bonchev–Trinajstić information content (AvgIpc) is 2.65. The molecule has 0 saturated carbocycles. The van der Waals surface area contributed by atoms with E-state index in [4.69, 9.17) is 4.74 Å². The maximum Gasteiger partial charge on any atom is 0.193 e. The summed E-state index contributed by atoms with van der Waals surface area (Å²) in [5.41, 5.74) is 2.59. The van der Waals surface area contributed by atoms with E-state index < -0.39 is 0 Å². The predicted molar refractivity (Wildman–Crippen MR) is 90.0 cm³/mol. The summed E-state index contributed by atoms with van der Waals surface area (Å²) >= 11 is 0. The van der Waals surface area contributed by atoms with Crippen LogP contribution in [-0.4, -0.2) is 28.1 Å². The highest BCUT2D eigenvalue weighted by Crippen LogP contribution is 2.27. The van der Waals surface area contributed by atoms with Gasteiger partial charge in [-0.3, -0.25) is 9.78 Å². The summed E-state index contributed by atoms with van der Waals surface area (Å²) in [6, 6.07) is 12.3. The standard InChI is InChI=1S/C19H17NO4/c1-24-18-9-14(7-15(10-21)16(18)11-22)19(23)13-5-4-12-3-2-6-20-17(12)8-13/h2-9,21-22H,10-11H2,1H3. The van der Waals surface area contributed by atoms with E-state index in [1.807, 2.05) is 18.2 Å². The molecule has 0 bridgehead atoms. The molecule has 2 N–H and O–H groups in total. The summed E-state index contributed by atoms with van der Waals surface area (Å²) in [6.07, 6.45) is 1.68. The molecule has 3 aromatic rings. The van der Waals surface area contributed by atoms with E-state index in [0.717, 1.165) is 10.9 Å². The van der Waals surface area contributed by atoms with Gasteiger partial charge >= 0.3 is 0 Å². The van der Waals surface area contributed by atoms with Crippen LogP contribution >= 0.6 is 0 Å². The van der Waals surface area contributed by atoms with Crippen molar-refractivity contribution in [2.24, 2.45) is 0 Å². The first-order chi connectivity index (χ1) is 11.7. The third-order valence-electron chi connectivity index (χ3n) is 3.98. The number of aromatic nitrogens is 1. The summed E-state index contributed by atoms with van der Waals surface area (Å²) < 4.78 is 5.24. The first-order valence-electron chi connectivity index (χ1n) is 7.49. The topological polar surface area (TPSA) is 79.7 Å². The van der Waals surface area contributed by atoms with Crippen molar-refractivity contribution in [2.75, 3.05) is 7.11 Å². The second-order valence-electron chi connectivity index (χ2n) is 5.37. The molecule has 3 rings (SSSR count). The number of nitrogens with zero attached hydrogens (tertiary/aromatic N) is 1. The monoisotopic (exact) mass is 323 g/mol. The lowest BCUT2D eigenvalue weighted by molar-refractivity contribution is 0.103. The number of pyridine rings is 1. The molecule has 0 unspecified atom stereocenters. The number of aliphatic hydroxyl groups is 2. The number of carbonyl (C=O) groups is 1. The Morgan fingerprint density at radius 1 is 1.08 bits per heavy atom. The number of ether oxygens (including phenoxy) is 1. The predicted octanol–water partition coefficient (Wildman–Crippen LogP) is 2.46. The lowest BCUT2D eigenvalue weighted by Crippen LogP contribution is -2.06. The number of hydrogen-bond donors (Lipinski definition) is 2. The number of carbonyl (C=O) groups excluding carboxylic acids is 1. The summed E-state index contributed by atoms with van der Waals surface area (Å²) in [5, 5.41) is 19.9.